The minimum Gasteiger partial charge on any atom is -0.495 e. The van der Waals surface area contributed by atoms with Gasteiger partial charge in [0.05, 0.1) is 19.0 Å². The van der Waals surface area contributed by atoms with Crippen LogP contribution in [0.4, 0.5) is 5.69 Å². The van der Waals surface area contributed by atoms with Gasteiger partial charge in [0.15, 0.2) is 0 Å². The lowest BCUT2D eigenvalue weighted by atomic mass is 10.1. The van der Waals surface area contributed by atoms with E-state index in [1.165, 1.54) is 18.8 Å². The maximum atomic E-state index is 12.7. The third-order valence-electron chi connectivity index (χ3n) is 4.33. The highest BCUT2D eigenvalue weighted by molar-refractivity contribution is 6.12. The molecule has 2 aromatic carbocycles. The van der Waals surface area contributed by atoms with Crippen LogP contribution in [0.5, 0.6) is 5.75 Å². The molecule has 1 amide bonds. The molecule has 2 aromatic heterocycles. The summed E-state index contributed by atoms with van der Waals surface area (Å²) in [6.45, 7) is 0. The van der Waals surface area contributed by atoms with Crippen molar-refractivity contribution in [2.45, 2.75) is 0 Å². The Hall–Kier alpha value is -3.81. The standard InChI is InChI=1S/C19H15N3O5/c1-22-17(12(9-20-22)19(24)25)18(23)21-13-8-15-11(7-16(13)26-2)10-5-3-4-6-14(10)27-15/h3-9H,1-2H3,(H,21,23)(H,24,25). The number of rotatable bonds is 4. The second-order valence-corrected chi connectivity index (χ2v) is 5.94. The van der Waals surface area contributed by atoms with E-state index in [0.717, 1.165) is 22.6 Å². The van der Waals surface area contributed by atoms with E-state index in [1.807, 2.05) is 24.3 Å². The number of carbonyl (C=O) groups is 2. The van der Waals surface area contributed by atoms with Crippen molar-refractivity contribution in [1.29, 1.82) is 0 Å². The molecule has 0 atom stereocenters. The molecule has 0 bridgehead atoms. The molecular weight excluding hydrogens is 350 g/mol. The molecule has 2 N–H and O–H groups in total. The number of carbonyl (C=O) groups excluding carboxylic acids is 1. The van der Waals surface area contributed by atoms with Gasteiger partial charge in [0, 0.05) is 23.9 Å². The number of methoxy groups -OCH3 is 1. The van der Waals surface area contributed by atoms with Crippen molar-refractivity contribution in [3.8, 4) is 5.75 Å². The van der Waals surface area contributed by atoms with E-state index in [1.54, 1.807) is 12.1 Å². The molecular formula is C19H15N3O5. The van der Waals surface area contributed by atoms with Gasteiger partial charge in [0.2, 0.25) is 0 Å². The highest BCUT2D eigenvalue weighted by Crippen LogP contribution is 2.36. The summed E-state index contributed by atoms with van der Waals surface area (Å²) in [5.41, 5.74) is 1.42. The minimum absolute atomic E-state index is 0.0609. The molecule has 0 radical (unpaired) electrons. The Kier molecular flexibility index (Phi) is 3.80. The molecule has 0 aliphatic rings. The van der Waals surface area contributed by atoms with Gasteiger partial charge in [0.1, 0.15) is 28.2 Å². The summed E-state index contributed by atoms with van der Waals surface area (Å²) in [5.74, 6) is -1.41. The van der Waals surface area contributed by atoms with Crippen molar-refractivity contribution in [3.05, 3.63) is 53.9 Å². The van der Waals surface area contributed by atoms with Crippen LogP contribution in [0, 0.1) is 0 Å². The quantitative estimate of drug-likeness (QED) is 0.575. The number of carboxylic acid groups (broad SMARTS) is 1. The van der Waals surface area contributed by atoms with Gasteiger partial charge < -0.3 is 19.6 Å². The van der Waals surface area contributed by atoms with Crippen LogP contribution in [0.2, 0.25) is 0 Å². The number of ether oxygens (including phenoxy) is 1. The Balaban J connectivity index is 1.79. The van der Waals surface area contributed by atoms with Gasteiger partial charge in [-0.3, -0.25) is 9.48 Å². The van der Waals surface area contributed by atoms with E-state index >= 15 is 0 Å². The summed E-state index contributed by atoms with van der Waals surface area (Å²) in [7, 11) is 2.99. The number of furan rings is 1. The number of carboxylic acids is 1. The van der Waals surface area contributed by atoms with Crippen molar-refractivity contribution in [2.75, 3.05) is 12.4 Å². The van der Waals surface area contributed by atoms with Crippen LogP contribution in [0.15, 0.2) is 47.0 Å². The molecule has 4 rings (SSSR count). The van der Waals surface area contributed by atoms with Crippen LogP contribution < -0.4 is 10.1 Å². The summed E-state index contributed by atoms with van der Waals surface area (Å²) in [5, 5.41) is 17.6. The first-order valence-corrected chi connectivity index (χ1v) is 8.05. The van der Waals surface area contributed by atoms with Crippen LogP contribution in [0.25, 0.3) is 21.9 Å². The van der Waals surface area contributed by atoms with Crippen molar-refractivity contribution in [1.82, 2.24) is 9.78 Å². The Morgan fingerprint density at radius 3 is 2.70 bits per heavy atom. The van der Waals surface area contributed by atoms with Gasteiger partial charge >= 0.3 is 5.97 Å². The van der Waals surface area contributed by atoms with Crippen LogP contribution >= 0.6 is 0 Å². The van der Waals surface area contributed by atoms with Crippen molar-refractivity contribution >= 4 is 39.5 Å². The van der Waals surface area contributed by atoms with E-state index in [2.05, 4.69) is 10.4 Å². The highest BCUT2D eigenvalue weighted by Gasteiger charge is 2.23. The number of nitrogens with one attached hydrogen (secondary N) is 1. The third-order valence-corrected chi connectivity index (χ3v) is 4.33. The summed E-state index contributed by atoms with van der Waals surface area (Å²) in [6.07, 6.45) is 1.14. The van der Waals surface area contributed by atoms with E-state index < -0.39 is 11.9 Å². The Morgan fingerprint density at radius 1 is 1.19 bits per heavy atom. The Labute approximate surface area is 152 Å². The molecule has 2 heterocycles. The maximum Gasteiger partial charge on any atom is 0.339 e. The fourth-order valence-electron chi connectivity index (χ4n) is 3.06. The number of hydrogen-bond donors (Lipinski definition) is 2. The summed E-state index contributed by atoms with van der Waals surface area (Å²) in [4.78, 5) is 24.0. The zero-order valence-corrected chi connectivity index (χ0v) is 14.5. The van der Waals surface area contributed by atoms with Gasteiger partial charge in [-0.1, -0.05) is 18.2 Å². The van der Waals surface area contributed by atoms with Gasteiger partial charge in [-0.05, 0) is 12.1 Å². The molecule has 0 saturated heterocycles. The number of hydrogen-bond acceptors (Lipinski definition) is 5. The van der Waals surface area contributed by atoms with Crippen LogP contribution in [0.1, 0.15) is 20.8 Å². The maximum absolute atomic E-state index is 12.7. The number of para-hydroxylation sites is 1. The fourth-order valence-corrected chi connectivity index (χ4v) is 3.06. The largest absolute Gasteiger partial charge is 0.495 e. The van der Waals surface area contributed by atoms with E-state index in [4.69, 9.17) is 9.15 Å². The van der Waals surface area contributed by atoms with E-state index in [9.17, 15) is 14.7 Å². The van der Waals surface area contributed by atoms with Gasteiger partial charge in [-0.15, -0.1) is 0 Å². The molecule has 0 aliphatic carbocycles. The molecule has 8 heteroatoms. The molecule has 0 aliphatic heterocycles. The zero-order valence-electron chi connectivity index (χ0n) is 14.5. The number of anilines is 1. The topological polar surface area (TPSA) is 107 Å². The van der Waals surface area contributed by atoms with Crippen LogP contribution in [-0.4, -0.2) is 33.9 Å². The SMILES string of the molecule is COc1cc2c(cc1NC(=O)c1c(C(=O)O)cnn1C)oc1ccccc12. The predicted octanol–water partition coefficient (Wildman–Crippen LogP) is 3.28. The predicted molar refractivity (Wildman–Crippen MR) is 98.4 cm³/mol. The first-order valence-electron chi connectivity index (χ1n) is 8.05. The number of aromatic nitrogens is 2. The minimum atomic E-state index is -1.23. The number of benzene rings is 2. The monoisotopic (exact) mass is 365 g/mol. The number of aromatic carboxylic acids is 1. The van der Waals surface area contributed by atoms with Gasteiger partial charge in [0.25, 0.3) is 5.91 Å². The molecule has 0 spiro atoms. The van der Waals surface area contributed by atoms with Gasteiger partial charge in [-0.25, -0.2) is 4.79 Å². The lowest BCUT2D eigenvalue weighted by Gasteiger charge is -2.11. The van der Waals surface area contributed by atoms with Crippen LogP contribution in [-0.2, 0) is 7.05 Å². The number of fused-ring (bicyclic) bond motifs is 3. The van der Waals surface area contributed by atoms with Crippen molar-refractivity contribution in [2.24, 2.45) is 7.05 Å². The molecule has 0 saturated carbocycles. The molecule has 136 valence electrons. The number of amides is 1. The average molecular weight is 365 g/mol. The fraction of sp³-hybridized carbons (Fsp3) is 0.105. The Bertz CT molecular complexity index is 1200. The molecule has 27 heavy (non-hydrogen) atoms. The van der Waals surface area contributed by atoms with E-state index in [-0.39, 0.29) is 11.3 Å². The second-order valence-electron chi connectivity index (χ2n) is 5.94. The zero-order chi connectivity index (χ0) is 19.1. The highest BCUT2D eigenvalue weighted by atomic mass is 16.5. The lowest BCUT2D eigenvalue weighted by Crippen LogP contribution is -2.19. The normalized spacial score (nSPS) is 11.0. The summed E-state index contributed by atoms with van der Waals surface area (Å²) in [6, 6.07) is 11.0. The van der Waals surface area contributed by atoms with Crippen molar-refractivity contribution < 1.29 is 23.8 Å². The first-order chi connectivity index (χ1) is 13.0. The second kappa shape index (κ2) is 6.17. The third kappa shape index (κ3) is 2.67. The lowest BCUT2D eigenvalue weighted by molar-refractivity contribution is 0.0692. The van der Waals surface area contributed by atoms with Crippen molar-refractivity contribution in [3.63, 3.8) is 0 Å². The summed E-state index contributed by atoms with van der Waals surface area (Å²) < 4.78 is 12.4. The van der Waals surface area contributed by atoms with Gasteiger partial charge in [-0.2, -0.15) is 5.10 Å². The first kappa shape index (κ1) is 16.6. The summed E-state index contributed by atoms with van der Waals surface area (Å²) >= 11 is 0. The number of aryl methyl sites for hydroxylation is 1. The smallest absolute Gasteiger partial charge is 0.339 e. The molecule has 8 nitrogen and oxygen atoms in total. The Morgan fingerprint density at radius 2 is 1.96 bits per heavy atom. The number of nitrogens with zero attached hydrogens (tertiary/aromatic N) is 2. The molecule has 0 unspecified atom stereocenters. The molecule has 4 aromatic rings. The van der Waals surface area contributed by atoms with E-state index in [0.29, 0.717) is 17.0 Å². The molecule has 0 fully saturated rings. The average Bonchev–Trinajstić information content (AvgIpc) is 3.21. The van der Waals surface area contributed by atoms with Crippen LogP contribution in [0.3, 0.4) is 0 Å².